The Morgan fingerprint density at radius 2 is 2.17 bits per heavy atom. The zero-order chi connectivity index (χ0) is 8.55. The van der Waals surface area contributed by atoms with E-state index in [0.29, 0.717) is 5.92 Å². The molecule has 0 radical (unpaired) electrons. The summed E-state index contributed by atoms with van der Waals surface area (Å²) in [6.07, 6.45) is 3.71. The van der Waals surface area contributed by atoms with Crippen LogP contribution in [0.25, 0.3) is 0 Å². The van der Waals surface area contributed by atoms with Gasteiger partial charge in [-0.25, -0.2) is 0 Å². The summed E-state index contributed by atoms with van der Waals surface area (Å²) in [6, 6.07) is 0. The zero-order valence-electron chi connectivity index (χ0n) is 7.12. The van der Waals surface area contributed by atoms with Gasteiger partial charge in [-0.1, -0.05) is 0 Å². The van der Waals surface area contributed by atoms with Crippen LogP contribution in [0.15, 0.2) is 0 Å². The number of piperidine rings is 1. The zero-order valence-corrected chi connectivity index (χ0v) is 7.12. The average molecular weight is 169 g/mol. The van der Waals surface area contributed by atoms with Gasteiger partial charge in [-0.05, 0) is 31.6 Å². The molecular weight excluding hydrogens is 154 g/mol. The minimum atomic E-state index is -0.370. The van der Waals surface area contributed by atoms with Crippen molar-refractivity contribution in [1.29, 1.82) is 0 Å². The number of carbonyl (C=O) groups is 1. The number of aliphatic hydroxyl groups is 1. The van der Waals surface area contributed by atoms with Crippen molar-refractivity contribution in [2.24, 2.45) is 11.8 Å². The Bertz CT molecular complexity index is 189. The summed E-state index contributed by atoms with van der Waals surface area (Å²) in [5.41, 5.74) is 0. The van der Waals surface area contributed by atoms with Crippen LogP contribution >= 0.6 is 0 Å². The molecule has 3 heteroatoms. The van der Waals surface area contributed by atoms with Crippen molar-refractivity contribution in [2.45, 2.75) is 31.8 Å². The third kappa shape index (κ3) is 1.46. The Balaban J connectivity index is 1.94. The van der Waals surface area contributed by atoms with Gasteiger partial charge < -0.3 is 10.4 Å². The minimum absolute atomic E-state index is 0.0562. The van der Waals surface area contributed by atoms with Crippen LogP contribution in [0.2, 0.25) is 0 Å². The predicted octanol–water partition coefficient (Wildman–Crippen LogP) is 0.283. The fourth-order valence-electron chi connectivity index (χ4n) is 1.89. The Morgan fingerprint density at radius 3 is 2.75 bits per heavy atom. The molecule has 1 heterocycles. The van der Waals surface area contributed by atoms with Crippen molar-refractivity contribution in [3.63, 3.8) is 0 Å². The van der Waals surface area contributed by atoms with E-state index in [1.807, 2.05) is 0 Å². The molecule has 3 nitrogen and oxygen atoms in total. The van der Waals surface area contributed by atoms with Gasteiger partial charge in [-0.2, -0.15) is 0 Å². The van der Waals surface area contributed by atoms with Crippen molar-refractivity contribution < 1.29 is 9.90 Å². The highest BCUT2D eigenvalue weighted by Crippen LogP contribution is 2.37. The largest absolute Gasteiger partial charge is 0.392 e. The second-order valence-corrected chi connectivity index (χ2v) is 3.87. The summed E-state index contributed by atoms with van der Waals surface area (Å²) in [5, 5.41) is 12.5. The van der Waals surface area contributed by atoms with E-state index in [4.69, 9.17) is 0 Å². The van der Waals surface area contributed by atoms with Gasteiger partial charge in [0.1, 0.15) is 0 Å². The molecule has 2 rings (SSSR count). The lowest BCUT2D eigenvalue weighted by Crippen LogP contribution is -2.42. The standard InChI is InChI=1S/C9H15NO2/c11-8(6-3-4-6)7-2-1-5-10-9(7)12/h6-8,11H,1-5H2,(H,10,12). The first-order valence-electron chi connectivity index (χ1n) is 4.75. The average Bonchev–Trinajstić information content (AvgIpc) is 2.86. The van der Waals surface area contributed by atoms with Crippen LogP contribution < -0.4 is 5.32 Å². The Morgan fingerprint density at radius 1 is 1.42 bits per heavy atom. The fourth-order valence-corrected chi connectivity index (χ4v) is 1.89. The van der Waals surface area contributed by atoms with Crippen LogP contribution in [0.1, 0.15) is 25.7 Å². The number of nitrogens with one attached hydrogen (secondary N) is 1. The van der Waals surface area contributed by atoms with Crippen molar-refractivity contribution in [1.82, 2.24) is 5.32 Å². The van der Waals surface area contributed by atoms with Crippen molar-refractivity contribution >= 4 is 5.91 Å². The molecule has 0 bridgehead atoms. The molecule has 2 unspecified atom stereocenters. The molecule has 1 aliphatic heterocycles. The number of rotatable bonds is 2. The smallest absolute Gasteiger partial charge is 0.225 e. The third-order valence-electron chi connectivity index (χ3n) is 2.85. The molecule has 1 saturated heterocycles. The highest BCUT2D eigenvalue weighted by atomic mass is 16.3. The van der Waals surface area contributed by atoms with E-state index in [1.165, 1.54) is 0 Å². The first-order chi connectivity index (χ1) is 5.79. The van der Waals surface area contributed by atoms with E-state index in [-0.39, 0.29) is 17.9 Å². The normalized spacial score (nSPS) is 32.8. The number of hydrogen-bond acceptors (Lipinski definition) is 2. The number of amides is 1. The van der Waals surface area contributed by atoms with E-state index in [1.54, 1.807) is 0 Å². The number of hydrogen-bond donors (Lipinski definition) is 2. The maximum Gasteiger partial charge on any atom is 0.225 e. The molecule has 0 spiro atoms. The molecule has 1 saturated carbocycles. The molecule has 2 aliphatic rings. The second-order valence-electron chi connectivity index (χ2n) is 3.87. The van der Waals surface area contributed by atoms with Gasteiger partial charge in [0.25, 0.3) is 0 Å². The number of aliphatic hydroxyl groups excluding tert-OH is 1. The predicted molar refractivity (Wildman–Crippen MR) is 44.5 cm³/mol. The van der Waals surface area contributed by atoms with Gasteiger partial charge in [0, 0.05) is 6.54 Å². The van der Waals surface area contributed by atoms with Crippen LogP contribution in [-0.2, 0) is 4.79 Å². The lowest BCUT2D eigenvalue weighted by atomic mass is 9.90. The molecule has 68 valence electrons. The quantitative estimate of drug-likeness (QED) is 0.624. The van der Waals surface area contributed by atoms with E-state index < -0.39 is 0 Å². The van der Waals surface area contributed by atoms with Gasteiger partial charge in [0.05, 0.1) is 12.0 Å². The molecule has 2 atom stereocenters. The van der Waals surface area contributed by atoms with Gasteiger partial charge in [-0.3, -0.25) is 4.79 Å². The van der Waals surface area contributed by atoms with E-state index in [0.717, 1.165) is 32.2 Å². The minimum Gasteiger partial charge on any atom is -0.392 e. The fraction of sp³-hybridized carbons (Fsp3) is 0.889. The number of carbonyl (C=O) groups excluding carboxylic acids is 1. The maximum atomic E-state index is 11.3. The third-order valence-corrected chi connectivity index (χ3v) is 2.85. The SMILES string of the molecule is O=C1NCCCC1C(O)C1CC1. The molecule has 1 aliphatic carbocycles. The van der Waals surface area contributed by atoms with Crippen LogP contribution in [-0.4, -0.2) is 23.7 Å². The molecule has 1 amide bonds. The molecule has 0 aromatic rings. The van der Waals surface area contributed by atoms with Crippen LogP contribution in [0.4, 0.5) is 0 Å². The molecule has 12 heavy (non-hydrogen) atoms. The van der Waals surface area contributed by atoms with Crippen LogP contribution in [0.3, 0.4) is 0 Å². The summed E-state index contributed by atoms with van der Waals surface area (Å²) in [6.45, 7) is 0.784. The topological polar surface area (TPSA) is 49.3 Å². The van der Waals surface area contributed by atoms with E-state index >= 15 is 0 Å². The van der Waals surface area contributed by atoms with Gasteiger partial charge in [-0.15, -0.1) is 0 Å². The maximum absolute atomic E-state index is 11.3. The van der Waals surface area contributed by atoms with Crippen LogP contribution in [0.5, 0.6) is 0 Å². The summed E-state index contributed by atoms with van der Waals surface area (Å²) in [5.74, 6) is 0.353. The lowest BCUT2D eigenvalue weighted by Gasteiger charge is -2.25. The van der Waals surface area contributed by atoms with E-state index in [9.17, 15) is 9.90 Å². The van der Waals surface area contributed by atoms with Gasteiger partial charge in [0.2, 0.25) is 5.91 Å². The lowest BCUT2D eigenvalue weighted by molar-refractivity contribution is -0.131. The van der Waals surface area contributed by atoms with Gasteiger partial charge >= 0.3 is 0 Å². The summed E-state index contributed by atoms with van der Waals surface area (Å²) in [4.78, 5) is 11.3. The Labute approximate surface area is 72.2 Å². The van der Waals surface area contributed by atoms with Crippen molar-refractivity contribution in [3.8, 4) is 0 Å². The molecule has 0 aromatic carbocycles. The first-order valence-corrected chi connectivity index (χ1v) is 4.75. The van der Waals surface area contributed by atoms with Crippen LogP contribution in [0, 0.1) is 11.8 Å². The molecule has 0 aromatic heterocycles. The summed E-state index contributed by atoms with van der Waals surface area (Å²) >= 11 is 0. The molecular formula is C9H15NO2. The highest BCUT2D eigenvalue weighted by molar-refractivity contribution is 5.79. The molecule has 2 fully saturated rings. The monoisotopic (exact) mass is 169 g/mol. The van der Waals surface area contributed by atoms with Crippen molar-refractivity contribution in [2.75, 3.05) is 6.54 Å². The van der Waals surface area contributed by atoms with Gasteiger partial charge in [0.15, 0.2) is 0 Å². The second kappa shape index (κ2) is 3.05. The Hall–Kier alpha value is -0.570. The highest BCUT2D eigenvalue weighted by Gasteiger charge is 2.39. The van der Waals surface area contributed by atoms with Crippen molar-refractivity contribution in [3.05, 3.63) is 0 Å². The summed E-state index contributed by atoms with van der Waals surface area (Å²) < 4.78 is 0. The first kappa shape index (κ1) is 8.05. The summed E-state index contributed by atoms with van der Waals surface area (Å²) in [7, 11) is 0. The van der Waals surface area contributed by atoms with E-state index in [2.05, 4.69) is 5.32 Å². The molecule has 2 N–H and O–H groups in total. The Kier molecular flexibility index (Phi) is 2.05.